The van der Waals surface area contributed by atoms with E-state index in [2.05, 4.69) is 22.1 Å². The molecule has 0 saturated carbocycles. The molecule has 0 N–H and O–H groups in total. The van der Waals surface area contributed by atoms with Crippen molar-refractivity contribution in [1.29, 1.82) is 0 Å². The highest BCUT2D eigenvalue weighted by molar-refractivity contribution is 7.13. The number of ether oxygens (including phenoxy) is 3. The molecule has 2 aromatic heterocycles. The molecule has 1 atom stereocenters. The Balaban J connectivity index is 1.48. The maximum absolute atomic E-state index is 14.0. The van der Waals surface area contributed by atoms with Crippen LogP contribution >= 0.6 is 11.3 Å². The molecule has 8 heteroatoms. The lowest BCUT2D eigenvalue weighted by molar-refractivity contribution is -0.156. The van der Waals surface area contributed by atoms with Crippen molar-refractivity contribution in [1.82, 2.24) is 9.47 Å². The lowest BCUT2D eigenvalue weighted by Crippen LogP contribution is -2.41. The van der Waals surface area contributed by atoms with Crippen LogP contribution in [-0.2, 0) is 22.5 Å². The monoisotopic (exact) mass is 536 g/mol. The first-order valence-electron chi connectivity index (χ1n) is 13.2. The van der Waals surface area contributed by atoms with Crippen LogP contribution in [-0.4, -0.2) is 54.3 Å². The number of methoxy groups -OCH3 is 2. The number of hydrogen-bond acceptors (Lipinski definition) is 6. The minimum atomic E-state index is -0.507. The predicted octanol–water partition coefficient (Wildman–Crippen LogP) is 6.04. The number of thiophene rings is 1. The molecule has 0 bridgehead atoms. The highest BCUT2D eigenvalue weighted by atomic mass is 32.1. The summed E-state index contributed by atoms with van der Waals surface area (Å²) in [5.74, 6) is 1.31. The summed E-state index contributed by atoms with van der Waals surface area (Å²) in [6, 6.07) is 10.3. The predicted molar refractivity (Wildman–Crippen MR) is 149 cm³/mol. The number of piperidine rings is 1. The van der Waals surface area contributed by atoms with Gasteiger partial charge in [-0.15, -0.1) is 11.3 Å². The van der Waals surface area contributed by atoms with Gasteiger partial charge >= 0.3 is 5.97 Å². The van der Waals surface area contributed by atoms with Crippen LogP contribution in [0.2, 0.25) is 0 Å². The number of carbonyl (C=O) groups excluding carboxylic acids is 2. The number of amides is 1. The quantitative estimate of drug-likeness (QED) is 0.359. The summed E-state index contributed by atoms with van der Waals surface area (Å²) in [6.07, 6.45) is 2.93. The van der Waals surface area contributed by atoms with Crippen molar-refractivity contribution < 1.29 is 23.8 Å². The molecule has 1 aromatic carbocycles. The molecular formula is C30H36N2O5S. The first-order chi connectivity index (χ1) is 18.2. The van der Waals surface area contributed by atoms with Gasteiger partial charge in [0.05, 0.1) is 26.3 Å². The first-order valence-corrected chi connectivity index (χ1v) is 14.1. The van der Waals surface area contributed by atoms with Crippen LogP contribution in [0.15, 0.2) is 35.7 Å². The molecular weight excluding hydrogens is 500 g/mol. The van der Waals surface area contributed by atoms with E-state index in [1.807, 2.05) is 43.9 Å². The zero-order valence-corrected chi connectivity index (χ0v) is 23.7. The van der Waals surface area contributed by atoms with E-state index in [4.69, 9.17) is 14.2 Å². The molecule has 5 rings (SSSR count). The van der Waals surface area contributed by atoms with Crippen LogP contribution in [0.4, 0.5) is 0 Å². The molecule has 4 heterocycles. The van der Waals surface area contributed by atoms with Gasteiger partial charge in [-0.3, -0.25) is 9.59 Å². The zero-order chi connectivity index (χ0) is 27.0. The van der Waals surface area contributed by atoms with Crippen LogP contribution in [0, 0.1) is 5.92 Å². The Morgan fingerprint density at radius 3 is 2.50 bits per heavy atom. The van der Waals surface area contributed by atoms with Crippen LogP contribution < -0.4 is 9.47 Å². The van der Waals surface area contributed by atoms with E-state index in [9.17, 15) is 9.59 Å². The highest BCUT2D eigenvalue weighted by Crippen LogP contribution is 2.45. The molecule has 2 aliphatic rings. The SMILES string of the molecule is COc1cc2c(cc1OC)-c1c(-c3cccs3)cc(C(=O)N3CCC[C@H](CC(=O)OC(C)(C)C)C3)n1CC2. The summed E-state index contributed by atoms with van der Waals surface area (Å²) >= 11 is 1.67. The molecule has 1 amide bonds. The van der Waals surface area contributed by atoms with Crippen molar-refractivity contribution in [2.24, 2.45) is 5.92 Å². The fourth-order valence-electron chi connectivity index (χ4n) is 5.65. The minimum Gasteiger partial charge on any atom is -0.493 e. The second-order valence-corrected chi connectivity index (χ2v) is 12.0. The van der Waals surface area contributed by atoms with Gasteiger partial charge in [0.2, 0.25) is 0 Å². The maximum atomic E-state index is 14.0. The minimum absolute atomic E-state index is 0.0203. The number of nitrogens with zero attached hydrogens (tertiary/aromatic N) is 2. The highest BCUT2D eigenvalue weighted by Gasteiger charge is 2.33. The Hall–Kier alpha value is -3.26. The van der Waals surface area contributed by atoms with Crippen molar-refractivity contribution in [2.45, 2.75) is 58.6 Å². The van der Waals surface area contributed by atoms with E-state index in [0.29, 0.717) is 43.2 Å². The van der Waals surface area contributed by atoms with Gasteiger partial charge < -0.3 is 23.7 Å². The third kappa shape index (κ3) is 5.19. The van der Waals surface area contributed by atoms with Gasteiger partial charge in [0, 0.05) is 35.6 Å². The summed E-state index contributed by atoms with van der Waals surface area (Å²) in [5, 5.41) is 2.06. The Bertz CT molecular complexity index is 1340. The standard InChI is InChI=1S/C30H36N2O5S/c1-30(2,3)37-27(33)14-19-8-6-11-31(18-19)29(34)23-16-22(26-9-7-13-38-26)28-21-17-25(36-5)24(35-4)15-20(21)10-12-32(23)28/h7,9,13,15-17,19H,6,8,10-12,14,18H2,1-5H3/t19-/m1/s1. The number of carbonyl (C=O) groups is 2. The number of aryl methyl sites for hydroxylation is 1. The molecule has 0 radical (unpaired) electrons. The first kappa shape index (κ1) is 26.4. The van der Waals surface area contributed by atoms with E-state index >= 15 is 0 Å². The van der Waals surface area contributed by atoms with Crippen molar-refractivity contribution in [3.8, 4) is 33.2 Å². The molecule has 0 unspecified atom stereocenters. The van der Waals surface area contributed by atoms with Gasteiger partial charge in [-0.1, -0.05) is 6.07 Å². The van der Waals surface area contributed by atoms with Crippen LogP contribution in [0.3, 0.4) is 0 Å². The van der Waals surface area contributed by atoms with E-state index in [0.717, 1.165) is 41.0 Å². The third-order valence-corrected chi connectivity index (χ3v) is 8.16. The lowest BCUT2D eigenvalue weighted by Gasteiger charge is -2.33. The number of fused-ring (bicyclic) bond motifs is 3. The Labute approximate surface area is 228 Å². The largest absolute Gasteiger partial charge is 0.493 e. The molecule has 1 fully saturated rings. The number of likely N-dealkylation sites (tertiary alicyclic amines) is 1. The summed E-state index contributed by atoms with van der Waals surface area (Å²) in [4.78, 5) is 29.5. The van der Waals surface area contributed by atoms with Gasteiger partial charge in [-0.25, -0.2) is 0 Å². The fourth-order valence-corrected chi connectivity index (χ4v) is 6.39. The van der Waals surface area contributed by atoms with E-state index in [-0.39, 0.29) is 17.8 Å². The van der Waals surface area contributed by atoms with Gasteiger partial charge in [0.15, 0.2) is 11.5 Å². The Morgan fingerprint density at radius 1 is 1.05 bits per heavy atom. The molecule has 0 aliphatic carbocycles. The number of rotatable bonds is 6. The van der Waals surface area contributed by atoms with Gasteiger partial charge in [-0.2, -0.15) is 0 Å². The second kappa shape index (κ2) is 10.5. The Morgan fingerprint density at radius 2 is 1.82 bits per heavy atom. The van der Waals surface area contributed by atoms with Gasteiger partial charge in [-0.05, 0) is 81.2 Å². The number of hydrogen-bond donors (Lipinski definition) is 0. The average molecular weight is 537 g/mol. The normalized spacial score (nSPS) is 17.0. The van der Waals surface area contributed by atoms with Crippen molar-refractivity contribution in [3.63, 3.8) is 0 Å². The molecule has 2 aliphatic heterocycles. The smallest absolute Gasteiger partial charge is 0.306 e. The molecule has 7 nitrogen and oxygen atoms in total. The van der Waals surface area contributed by atoms with Crippen LogP contribution in [0.5, 0.6) is 11.5 Å². The van der Waals surface area contributed by atoms with Crippen molar-refractivity contribution in [3.05, 3.63) is 47.0 Å². The van der Waals surface area contributed by atoms with Gasteiger partial charge in [0.1, 0.15) is 11.3 Å². The molecule has 0 spiro atoms. The summed E-state index contributed by atoms with van der Waals surface area (Å²) in [6.45, 7) is 7.61. The fraction of sp³-hybridized carbons (Fsp3) is 0.467. The lowest BCUT2D eigenvalue weighted by atomic mass is 9.94. The number of esters is 1. The van der Waals surface area contributed by atoms with E-state index in [1.54, 1.807) is 25.6 Å². The zero-order valence-electron chi connectivity index (χ0n) is 22.8. The molecule has 3 aromatic rings. The van der Waals surface area contributed by atoms with Crippen molar-refractivity contribution >= 4 is 23.2 Å². The topological polar surface area (TPSA) is 70.0 Å². The van der Waals surface area contributed by atoms with Crippen LogP contribution in [0.25, 0.3) is 21.7 Å². The summed E-state index contributed by atoms with van der Waals surface area (Å²) in [5.41, 5.74) is 4.53. The van der Waals surface area contributed by atoms with Crippen molar-refractivity contribution in [2.75, 3.05) is 27.3 Å². The average Bonchev–Trinajstić information content (AvgIpc) is 3.54. The van der Waals surface area contributed by atoms with E-state index < -0.39 is 5.60 Å². The number of aromatic nitrogens is 1. The second-order valence-electron chi connectivity index (χ2n) is 11.1. The Kier molecular flexibility index (Phi) is 7.27. The molecule has 202 valence electrons. The molecule has 1 saturated heterocycles. The van der Waals surface area contributed by atoms with E-state index in [1.165, 1.54) is 5.56 Å². The maximum Gasteiger partial charge on any atom is 0.306 e. The molecule has 38 heavy (non-hydrogen) atoms. The van der Waals surface area contributed by atoms with Gasteiger partial charge in [0.25, 0.3) is 5.91 Å². The summed E-state index contributed by atoms with van der Waals surface area (Å²) in [7, 11) is 3.30. The third-order valence-electron chi connectivity index (χ3n) is 7.25. The van der Waals surface area contributed by atoms with Crippen LogP contribution in [0.1, 0.15) is 56.1 Å². The number of benzene rings is 1. The summed E-state index contributed by atoms with van der Waals surface area (Å²) < 4.78 is 18.9.